The number of nitrogens with one attached hydrogen (secondary N) is 3. The zero-order chi connectivity index (χ0) is 25.8. The van der Waals surface area contributed by atoms with Crippen LogP contribution in [0.4, 0.5) is 0 Å². The van der Waals surface area contributed by atoms with E-state index in [0.29, 0.717) is 6.42 Å². The molecule has 190 valence electrons. The van der Waals surface area contributed by atoms with Crippen LogP contribution in [0.1, 0.15) is 46.1 Å². The summed E-state index contributed by atoms with van der Waals surface area (Å²) in [6.07, 6.45) is 0.926. The second kappa shape index (κ2) is 14.3. The molecule has 0 spiro atoms. The molecular formula is C24H38N4O6. The van der Waals surface area contributed by atoms with Crippen molar-refractivity contribution < 1.29 is 29.4 Å². The third-order valence-corrected chi connectivity index (χ3v) is 5.56. The van der Waals surface area contributed by atoms with E-state index >= 15 is 0 Å². The first-order valence-electron chi connectivity index (χ1n) is 11.5. The van der Waals surface area contributed by atoms with E-state index in [1.165, 1.54) is 0 Å². The third kappa shape index (κ3) is 9.48. The molecule has 1 aromatic rings. The highest BCUT2D eigenvalue weighted by Crippen LogP contribution is 2.12. The van der Waals surface area contributed by atoms with E-state index in [1.54, 1.807) is 31.2 Å². The Morgan fingerprint density at radius 1 is 0.912 bits per heavy atom. The van der Waals surface area contributed by atoms with Gasteiger partial charge in [0.1, 0.15) is 24.2 Å². The summed E-state index contributed by atoms with van der Waals surface area (Å²) in [5.74, 6) is -3.32. The minimum Gasteiger partial charge on any atom is -0.480 e. The number of carbonyl (C=O) groups is 4. The first kappa shape index (κ1) is 29.1. The van der Waals surface area contributed by atoms with Crippen molar-refractivity contribution in [2.24, 2.45) is 17.6 Å². The van der Waals surface area contributed by atoms with Gasteiger partial charge < -0.3 is 31.9 Å². The highest BCUT2D eigenvalue weighted by molar-refractivity contribution is 5.94. The van der Waals surface area contributed by atoms with E-state index in [2.05, 4.69) is 16.0 Å². The molecule has 7 N–H and O–H groups in total. The number of aliphatic hydroxyl groups is 1. The van der Waals surface area contributed by atoms with Crippen LogP contribution in [0, 0.1) is 11.8 Å². The molecule has 10 heteroatoms. The lowest BCUT2D eigenvalue weighted by molar-refractivity contribution is -0.142. The maximum atomic E-state index is 13.1. The number of rotatable bonds is 14. The van der Waals surface area contributed by atoms with Gasteiger partial charge in [-0.15, -0.1) is 0 Å². The minimum atomic E-state index is -1.19. The summed E-state index contributed by atoms with van der Waals surface area (Å²) in [4.78, 5) is 50.1. The molecule has 1 aromatic carbocycles. The lowest BCUT2D eigenvalue weighted by Gasteiger charge is -2.28. The average molecular weight is 479 g/mol. The van der Waals surface area contributed by atoms with Gasteiger partial charge in [-0.05, 0) is 23.8 Å². The normalized spacial score (nSPS) is 15.5. The quantitative estimate of drug-likeness (QED) is 0.221. The van der Waals surface area contributed by atoms with Gasteiger partial charge in [0.25, 0.3) is 0 Å². The number of hydrogen-bond acceptors (Lipinski definition) is 6. The van der Waals surface area contributed by atoms with Gasteiger partial charge in [0.15, 0.2) is 0 Å². The summed E-state index contributed by atoms with van der Waals surface area (Å²) in [5.41, 5.74) is 6.30. The molecule has 0 bridgehead atoms. The second-order valence-corrected chi connectivity index (χ2v) is 8.94. The van der Waals surface area contributed by atoms with Gasteiger partial charge in [-0.3, -0.25) is 14.4 Å². The summed E-state index contributed by atoms with van der Waals surface area (Å²) in [6.45, 7) is 6.80. The van der Waals surface area contributed by atoms with Crippen LogP contribution in [0.5, 0.6) is 0 Å². The Labute approximate surface area is 200 Å². The molecule has 34 heavy (non-hydrogen) atoms. The van der Waals surface area contributed by atoms with E-state index in [0.717, 1.165) is 5.56 Å². The van der Waals surface area contributed by atoms with Crippen LogP contribution in [0.3, 0.4) is 0 Å². The van der Waals surface area contributed by atoms with Crippen molar-refractivity contribution in [3.63, 3.8) is 0 Å². The maximum Gasteiger partial charge on any atom is 0.326 e. The molecule has 0 aliphatic heterocycles. The van der Waals surface area contributed by atoms with Gasteiger partial charge >= 0.3 is 5.97 Å². The fourth-order valence-corrected chi connectivity index (χ4v) is 3.33. The Balaban J connectivity index is 3.02. The van der Waals surface area contributed by atoms with Crippen LogP contribution in [-0.4, -0.2) is 64.7 Å². The Bertz CT molecular complexity index is 817. The number of carbonyl (C=O) groups excluding carboxylic acids is 3. The molecule has 0 aliphatic rings. The molecular weight excluding hydrogens is 440 g/mol. The molecule has 0 fully saturated rings. The molecule has 0 aliphatic carbocycles. The van der Waals surface area contributed by atoms with Crippen molar-refractivity contribution in [2.75, 3.05) is 6.61 Å². The average Bonchev–Trinajstić information content (AvgIpc) is 2.80. The van der Waals surface area contributed by atoms with Crippen LogP contribution in [-0.2, 0) is 25.6 Å². The fraction of sp³-hybridized carbons (Fsp3) is 0.583. The number of benzene rings is 1. The van der Waals surface area contributed by atoms with E-state index in [1.807, 2.05) is 26.8 Å². The number of amides is 3. The van der Waals surface area contributed by atoms with Gasteiger partial charge in [-0.2, -0.15) is 0 Å². The first-order chi connectivity index (χ1) is 16.0. The van der Waals surface area contributed by atoms with Gasteiger partial charge in [0.05, 0.1) is 6.61 Å². The molecule has 0 heterocycles. The summed E-state index contributed by atoms with van der Waals surface area (Å²) < 4.78 is 0. The van der Waals surface area contributed by atoms with Crippen molar-refractivity contribution in [3.05, 3.63) is 35.9 Å². The molecule has 0 saturated heterocycles. The standard InChI is InChI=1S/C24H38N4O6/c1-5-15(4)20(23(32)27-19(24(33)34)12-16-9-7-6-8-10-16)28-22(31)18(11-14(2)3)26-21(30)17(25)13-29/h6-10,14-15,17-20,29H,5,11-13,25H2,1-4H3,(H,26,30)(H,27,32)(H,28,31)(H,33,34). The predicted octanol–water partition coefficient (Wildman–Crippen LogP) is 0.180. The molecule has 3 amide bonds. The second-order valence-electron chi connectivity index (χ2n) is 8.94. The lowest BCUT2D eigenvalue weighted by Crippen LogP contribution is -2.59. The number of carboxylic acids is 1. The fourth-order valence-electron chi connectivity index (χ4n) is 3.33. The van der Waals surface area contributed by atoms with Crippen LogP contribution in [0.15, 0.2) is 30.3 Å². The van der Waals surface area contributed by atoms with Crippen LogP contribution in [0.2, 0.25) is 0 Å². The van der Waals surface area contributed by atoms with Gasteiger partial charge in [-0.25, -0.2) is 4.79 Å². The van der Waals surface area contributed by atoms with E-state index in [-0.39, 0.29) is 24.7 Å². The van der Waals surface area contributed by atoms with E-state index in [4.69, 9.17) is 10.8 Å². The highest BCUT2D eigenvalue weighted by atomic mass is 16.4. The van der Waals surface area contributed by atoms with Crippen molar-refractivity contribution in [1.82, 2.24) is 16.0 Å². The molecule has 1 rings (SSSR count). The molecule has 5 atom stereocenters. The van der Waals surface area contributed by atoms with Crippen LogP contribution >= 0.6 is 0 Å². The topological polar surface area (TPSA) is 171 Å². The number of carboxylic acid groups (broad SMARTS) is 1. The Morgan fingerprint density at radius 3 is 2.00 bits per heavy atom. The number of nitrogens with two attached hydrogens (primary N) is 1. The number of aliphatic hydroxyl groups excluding tert-OH is 1. The SMILES string of the molecule is CCC(C)C(NC(=O)C(CC(C)C)NC(=O)C(N)CO)C(=O)NC(Cc1ccccc1)C(=O)O. The monoisotopic (exact) mass is 478 g/mol. The van der Waals surface area contributed by atoms with Crippen molar-refractivity contribution >= 4 is 23.7 Å². The molecule has 0 aromatic heterocycles. The molecule has 5 unspecified atom stereocenters. The van der Waals surface area contributed by atoms with E-state index < -0.39 is 54.5 Å². The number of aliphatic carboxylic acids is 1. The van der Waals surface area contributed by atoms with Crippen molar-refractivity contribution in [1.29, 1.82) is 0 Å². The van der Waals surface area contributed by atoms with Crippen LogP contribution in [0.25, 0.3) is 0 Å². The summed E-state index contributed by atoms with van der Waals surface area (Å²) in [6, 6.07) is 4.59. The lowest BCUT2D eigenvalue weighted by atomic mass is 9.96. The van der Waals surface area contributed by atoms with Crippen molar-refractivity contribution in [3.8, 4) is 0 Å². The zero-order valence-electron chi connectivity index (χ0n) is 20.3. The van der Waals surface area contributed by atoms with E-state index in [9.17, 15) is 24.3 Å². The smallest absolute Gasteiger partial charge is 0.326 e. The van der Waals surface area contributed by atoms with Crippen LogP contribution < -0.4 is 21.7 Å². The number of hydrogen-bond donors (Lipinski definition) is 6. The van der Waals surface area contributed by atoms with Gasteiger partial charge in [0.2, 0.25) is 17.7 Å². The summed E-state index contributed by atoms with van der Waals surface area (Å²) in [7, 11) is 0. The zero-order valence-corrected chi connectivity index (χ0v) is 20.3. The Kier molecular flexibility index (Phi) is 12.2. The largest absolute Gasteiger partial charge is 0.480 e. The van der Waals surface area contributed by atoms with Crippen molar-refractivity contribution in [2.45, 2.75) is 71.1 Å². The van der Waals surface area contributed by atoms with Gasteiger partial charge in [-0.1, -0.05) is 64.4 Å². The molecule has 0 saturated carbocycles. The summed E-state index contributed by atoms with van der Waals surface area (Å²) >= 11 is 0. The molecule has 0 radical (unpaired) electrons. The first-order valence-corrected chi connectivity index (χ1v) is 11.5. The third-order valence-electron chi connectivity index (χ3n) is 5.56. The molecule has 10 nitrogen and oxygen atoms in total. The minimum absolute atomic E-state index is 0.0412. The maximum absolute atomic E-state index is 13.1. The Morgan fingerprint density at radius 2 is 1.50 bits per heavy atom. The van der Waals surface area contributed by atoms with Gasteiger partial charge in [0, 0.05) is 6.42 Å². The Hall–Kier alpha value is -2.98. The highest BCUT2D eigenvalue weighted by Gasteiger charge is 2.33. The summed E-state index contributed by atoms with van der Waals surface area (Å²) in [5, 5.41) is 26.5. The predicted molar refractivity (Wildman–Crippen MR) is 128 cm³/mol.